The molecular weight excluding hydrogens is 315 g/mol. The van der Waals surface area contributed by atoms with Crippen LogP contribution in [0.1, 0.15) is 20.7 Å². The van der Waals surface area contributed by atoms with E-state index in [2.05, 4.69) is 4.74 Å². The predicted molar refractivity (Wildman–Crippen MR) is 73.0 cm³/mol. The SMILES string of the molecule is NC(=O)c1ccc(OC(=O)c2ccc(OC(F)(F)F)cc2)cc1. The Morgan fingerprint density at radius 3 is 1.78 bits per heavy atom. The van der Waals surface area contributed by atoms with Gasteiger partial charge < -0.3 is 15.2 Å². The number of benzene rings is 2. The van der Waals surface area contributed by atoms with Crippen LogP contribution in [0, 0.1) is 0 Å². The highest BCUT2D eigenvalue weighted by molar-refractivity contribution is 5.93. The summed E-state index contributed by atoms with van der Waals surface area (Å²) >= 11 is 0. The Hall–Kier alpha value is -3.03. The largest absolute Gasteiger partial charge is 0.573 e. The number of hydrogen-bond acceptors (Lipinski definition) is 4. The zero-order valence-electron chi connectivity index (χ0n) is 11.5. The quantitative estimate of drug-likeness (QED) is 0.692. The van der Waals surface area contributed by atoms with Crippen LogP contribution < -0.4 is 15.2 Å². The minimum atomic E-state index is -4.80. The molecule has 0 aliphatic carbocycles. The molecule has 0 saturated heterocycles. The Morgan fingerprint density at radius 1 is 0.826 bits per heavy atom. The first-order chi connectivity index (χ1) is 10.7. The first kappa shape index (κ1) is 16.3. The van der Waals surface area contributed by atoms with Crippen LogP contribution in [-0.2, 0) is 0 Å². The van der Waals surface area contributed by atoms with Gasteiger partial charge in [0.2, 0.25) is 5.91 Å². The fraction of sp³-hybridized carbons (Fsp3) is 0.0667. The fourth-order valence-electron chi connectivity index (χ4n) is 1.65. The van der Waals surface area contributed by atoms with Gasteiger partial charge in [0, 0.05) is 5.56 Å². The van der Waals surface area contributed by atoms with Crippen LogP contribution in [0.3, 0.4) is 0 Å². The van der Waals surface area contributed by atoms with Gasteiger partial charge in [0.1, 0.15) is 11.5 Å². The van der Waals surface area contributed by atoms with Crippen molar-refractivity contribution in [1.29, 1.82) is 0 Å². The van der Waals surface area contributed by atoms with Crippen molar-refractivity contribution in [3.63, 3.8) is 0 Å². The Morgan fingerprint density at radius 2 is 1.30 bits per heavy atom. The molecule has 0 aliphatic heterocycles. The van der Waals surface area contributed by atoms with Gasteiger partial charge in [-0.25, -0.2) is 4.79 Å². The Kier molecular flexibility index (Phi) is 4.54. The molecule has 0 aliphatic rings. The van der Waals surface area contributed by atoms with E-state index in [1.807, 2.05) is 0 Å². The number of alkyl halides is 3. The fourth-order valence-corrected chi connectivity index (χ4v) is 1.65. The normalized spacial score (nSPS) is 10.9. The van der Waals surface area contributed by atoms with Crippen molar-refractivity contribution in [1.82, 2.24) is 0 Å². The average molecular weight is 325 g/mol. The summed E-state index contributed by atoms with van der Waals surface area (Å²) in [4.78, 5) is 22.8. The van der Waals surface area contributed by atoms with Gasteiger partial charge in [0.05, 0.1) is 5.56 Å². The van der Waals surface area contributed by atoms with Crippen LogP contribution >= 0.6 is 0 Å². The van der Waals surface area contributed by atoms with Crippen LogP contribution in [0.4, 0.5) is 13.2 Å². The number of carbonyl (C=O) groups is 2. The summed E-state index contributed by atoms with van der Waals surface area (Å²) in [7, 11) is 0. The van der Waals surface area contributed by atoms with Crippen LogP contribution in [0.5, 0.6) is 11.5 Å². The number of amides is 1. The average Bonchev–Trinajstić information content (AvgIpc) is 2.46. The molecule has 0 atom stereocenters. The molecule has 0 bridgehead atoms. The first-order valence-electron chi connectivity index (χ1n) is 6.22. The maximum absolute atomic E-state index is 12.0. The van der Waals surface area contributed by atoms with Crippen molar-refractivity contribution in [2.75, 3.05) is 0 Å². The molecule has 120 valence electrons. The number of primary amides is 1. The monoisotopic (exact) mass is 325 g/mol. The Bertz CT molecular complexity index is 709. The lowest BCUT2D eigenvalue weighted by molar-refractivity contribution is -0.274. The number of ether oxygens (including phenoxy) is 2. The van der Waals surface area contributed by atoms with Crippen molar-refractivity contribution in [2.45, 2.75) is 6.36 Å². The highest BCUT2D eigenvalue weighted by atomic mass is 19.4. The standard InChI is InChI=1S/C15H10F3NO4/c16-15(17,18)23-12-7-3-10(4-8-12)14(21)22-11-5-1-9(2-6-11)13(19)20/h1-8H,(H2,19,20). The Balaban J connectivity index is 2.04. The highest BCUT2D eigenvalue weighted by Crippen LogP contribution is 2.23. The van der Waals surface area contributed by atoms with E-state index in [4.69, 9.17) is 10.5 Å². The highest BCUT2D eigenvalue weighted by Gasteiger charge is 2.31. The summed E-state index contributed by atoms with van der Waals surface area (Å²) in [6, 6.07) is 9.79. The van der Waals surface area contributed by atoms with Crippen molar-refractivity contribution in [2.24, 2.45) is 5.73 Å². The van der Waals surface area contributed by atoms with Crippen LogP contribution in [0.15, 0.2) is 48.5 Å². The maximum Gasteiger partial charge on any atom is 0.573 e. The smallest absolute Gasteiger partial charge is 0.423 e. The van der Waals surface area contributed by atoms with Gasteiger partial charge in [0.15, 0.2) is 0 Å². The number of rotatable bonds is 4. The summed E-state index contributed by atoms with van der Waals surface area (Å²) in [5.74, 6) is -1.67. The molecule has 2 aromatic rings. The molecule has 5 nitrogen and oxygen atoms in total. The second-order valence-electron chi connectivity index (χ2n) is 4.35. The molecule has 1 amide bonds. The minimum Gasteiger partial charge on any atom is -0.423 e. The van der Waals surface area contributed by atoms with E-state index in [0.29, 0.717) is 0 Å². The predicted octanol–water partition coefficient (Wildman–Crippen LogP) is 2.90. The van der Waals surface area contributed by atoms with Crippen molar-refractivity contribution in [3.05, 3.63) is 59.7 Å². The van der Waals surface area contributed by atoms with Gasteiger partial charge in [-0.2, -0.15) is 0 Å². The molecule has 0 saturated carbocycles. The summed E-state index contributed by atoms with van der Waals surface area (Å²) in [6.45, 7) is 0. The molecule has 0 aromatic heterocycles. The lowest BCUT2D eigenvalue weighted by atomic mass is 10.2. The van der Waals surface area contributed by atoms with E-state index < -0.39 is 24.0 Å². The van der Waals surface area contributed by atoms with Crippen LogP contribution in [0.25, 0.3) is 0 Å². The molecule has 0 radical (unpaired) electrons. The zero-order valence-corrected chi connectivity index (χ0v) is 11.5. The topological polar surface area (TPSA) is 78.6 Å². The van der Waals surface area contributed by atoms with Crippen molar-refractivity contribution >= 4 is 11.9 Å². The van der Waals surface area contributed by atoms with E-state index in [9.17, 15) is 22.8 Å². The van der Waals surface area contributed by atoms with Gasteiger partial charge in [-0.1, -0.05) is 0 Å². The van der Waals surface area contributed by atoms with E-state index in [1.54, 1.807) is 0 Å². The third-order valence-electron chi connectivity index (χ3n) is 2.67. The van der Waals surface area contributed by atoms with E-state index >= 15 is 0 Å². The summed E-state index contributed by atoms with van der Waals surface area (Å²) in [5, 5.41) is 0. The van der Waals surface area contributed by atoms with E-state index in [0.717, 1.165) is 24.3 Å². The number of nitrogens with two attached hydrogens (primary N) is 1. The number of halogens is 3. The minimum absolute atomic E-state index is 0.0403. The van der Waals surface area contributed by atoms with Crippen LogP contribution in [0.2, 0.25) is 0 Å². The molecule has 23 heavy (non-hydrogen) atoms. The maximum atomic E-state index is 12.0. The Labute approximate surface area is 128 Å². The van der Waals surface area contributed by atoms with Gasteiger partial charge in [-0.15, -0.1) is 13.2 Å². The number of esters is 1. The van der Waals surface area contributed by atoms with Gasteiger partial charge in [0.25, 0.3) is 0 Å². The number of carbonyl (C=O) groups excluding carboxylic acids is 2. The molecule has 2 aromatic carbocycles. The number of hydrogen-bond donors (Lipinski definition) is 1. The van der Waals surface area contributed by atoms with E-state index in [-0.39, 0.29) is 16.9 Å². The summed E-state index contributed by atoms with van der Waals surface area (Å²) < 4.78 is 44.8. The molecular formula is C15H10F3NO4. The molecule has 0 fully saturated rings. The first-order valence-corrected chi connectivity index (χ1v) is 6.22. The third-order valence-corrected chi connectivity index (χ3v) is 2.67. The second kappa shape index (κ2) is 6.39. The molecule has 2 N–H and O–H groups in total. The molecule has 0 heterocycles. The van der Waals surface area contributed by atoms with Gasteiger partial charge in [-0.05, 0) is 48.5 Å². The van der Waals surface area contributed by atoms with Gasteiger partial charge in [-0.3, -0.25) is 4.79 Å². The van der Waals surface area contributed by atoms with E-state index in [1.165, 1.54) is 24.3 Å². The molecule has 0 unspecified atom stereocenters. The van der Waals surface area contributed by atoms with Crippen LogP contribution in [-0.4, -0.2) is 18.2 Å². The second-order valence-corrected chi connectivity index (χ2v) is 4.35. The van der Waals surface area contributed by atoms with Crippen molar-refractivity contribution < 1.29 is 32.2 Å². The van der Waals surface area contributed by atoms with Gasteiger partial charge >= 0.3 is 12.3 Å². The lowest BCUT2D eigenvalue weighted by Gasteiger charge is -2.09. The zero-order chi connectivity index (χ0) is 17.0. The lowest BCUT2D eigenvalue weighted by Crippen LogP contribution is -2.17. The summed E-state index contributed by atoms with van der Waals surface area (Å²) in [5.41, 5.74) is 5.36. The summed E-state index contributed by atoms with van der Waals surface area (Å²) in [6.07, 6.45) is -4.80. The van der Waals surface area contributed by atoms with Crippen molar-refractivity contribution in [3.8, 4) is 11.5 Å². The molecule has 0 spiro atoms. The third kappa shape index (κ3) is 4.73. The molecule has 2 rings (SSSR count). The molecule has 8 heteroatoms.